The zero-order valence-corrected chi connectivity index (χ0v) is 21.3. The Morgan fingerprint density at radius 2 is 1.63 bits per heavy atom. The molecule has 2 aromatic rings. The van der Waals surface area contributed by atoms with Gasteiger partial charge in [0.15, 0.2) is 0 Å². The summed E-state index contributed by atoms with van der Waals surface area (Å²) in [5.74, 6) is 0.771. The molecule has 0 N–H and O–H groups in total. The average Bonchev–Trinajstić information content (AvgIpc) is 3.27. The minimum Gasteiger partial charge on any atom is -0.342 e. The fraction of sp³-hybridized carbons (Fsp3) is 0.533. The van der Waals surface area contributed by atoms with Gasteiger partial charge in [0.25, 0.3) is 0 Å². The van der Waals surface area contributed by atoms with Gasteiger partial charge < -0.3 is 14.7 Å². The van der Waals surface area contributed by atoms with Crippen LogP contribution in [0.5, 0.6) is 0 Å². The molecule has 0 aliphatic carbocycles. The van der Waals surface area contributed by atoms with Crippen molar-refractivity contribution in [3.8, 4) is 0 Å². The van der Waals surface area contributed by atoms with Crippen LogP contribution < -0.4 is 4.90 Å². The number of hydrogen-bond donors (Lipinski definition) is 0. The summed E-state index contributed by atoms with van der Waals surface area (Å²) < 4.78 is 0. The molecule has 188 valence electrons. The Bertz CT molecular complexity index is 925. The summed E-state index contributed by atoms with van der Waals surface area (Å²) in [7, 11) is 0. The van der Waals surface area contributed by atoms with Crippen molar-refractivity contribution in [2.75, 3.05) is 44.2 Å². The molecule has 0 bridgehead atoms. The molecule has 35 heavy (non-hydrogen) atoms. The second-order valence-electron chi connectivity index (χ2n) is 10.2. The monoisotopic (exact) mass is 475 g/mol. The first-order chi connectivity index (χ1) is 17.1. The van der Waals surface area contributed by atoms with Crippen molar-refractivity contribution in [3.63, 3.8) is 0 Å². The van der Waals surface area contributed by atoms with Gasteiger partial charge >= 0.3 is 0 Å². The predicted molar refractivity (Wildman–Crippen MR) is 142 cm³/mol. The van der Waals surface area contributed by atoms with Crippen molar-refractivity contribution in [1.82, 2.24) is 9.80 Å². The second kappa shape index (κ2) is 12.9. The lowest BCUT2D eigenvalue weighted by Gasteiger charge is -2.33. The first-order valence-electron chi connectivity index (χ1n) is 13.5. The Morgan fingerprint density at radius 3 is 2.31 bits per heavy atom. The minimum atomic E-state index is -0.228. The Hall–Kier alpha value is -2.66. The standard InChI is InChI=1S/C30H41N3O2/c1-2-3-18-32-24-27(23-29(32)34)30(35)33(28-13-8-5-9-14-28)19-10-17-31-20-15-26(16-21-31)22-25-11-6-4-7-12-25/h4-9,11-14,26-27H,2-3,10,15-24H2,1H3. The molecule has 5 heteroatoms. The molecule has 1 atom stereocenters. The smallest absolute Gasteiger partial charge is 0.232 e. The number of piperidine rings is 1. The second-order valence-corrected chi connectivity index (χ2v) is 10.2. The Labute approximate surface area is 211 Å². The number of amides is 2. The average molecular weight is 476 g/mol. The third-order valence-electron chi connectivity index (χ3n) is 7.61. The largest absolute Gasteiger partial charge is 0.342 e. The first kappa shape index (κ1) is 25.4. The molecule has 0 aromatic heterocycles. The van der Waals surface area contributed by atoms with Crippen molar-refractivity contribution >= 4 is 17.5 Å². The molecule has 2 amide bonds. The normalized spacial score (nSPS) is 19.3. The molecule has 2 fully saturated rings. The third-order valence-corrected chi connectivity index (χ3v) is 7.61. The van der Waals surface area contributed by atoms with Gasteiger partial charge in [-0.15, -0.1) is 0 Å². The molecule has 2 heterocycles. The first-order valence-corrected chi connectivity index (χ1v) is 13.5. The van der Waals surface area contributed by atoms with E-state index in [-0.39, 0.29) is 17.7 Å². The van der Waals surface area contributed by atoms with Crippen molar-refractivity contribution in [2.45, 2.75) is 51.9 Å². The van der Waals surface area contributed by atoms with Gasteiger partial charge in [0, 0.05) is 31.7 Å². The van der Waals surface area contributed by atoms with Crippen LogP contribution in [-0.2, 0) is 16.0 Å². The summed E-state index contributed by atoms with van der Waals surface area (Å²) in [5, 5.41) is 0. The molecule has 0 saturated carbocycles. The highest BCUT2D eigenvalue weighted by atomic mass is 16.2. The van der Waals surface area contributed by atoms with Crippen LogP contribution in [0.4, 0.5) is 5.69 Å². The van der Waals surface area contributed by atoms with E-state index in [1.54, 1.807) is 0 Å². The summed E-state index contributed by atoms with van der Waals surface area (Å²) in [5.41, 5.74) is 2.39. The van der Waals surface area contributed by atoms with Gasteiger partial charge in [-0.25, -0.2) is 0 Å². The lowest BCUT2D eigenvalue weighted by Crippen LogP contribution is -2.40. The number of carbonyl (C=O) groups excluding carboxylic acids is 2. The molecule has 0 spiro atoms. The Kier molecular flexibility index (Phi) is 9.35. The predicted octanol–water partition coefficient (Wildman–Crippen LogP) is 5.01. The van der Waals surface area contributed by atoms with Crippen LogP contribution in [0.25, 0.3) is 0 Å². The number of rotatable bonds is 11. The highest BCUT2D eigenvalue weighted by Crippen LogP contribution is 2.25. The van der Waals surface area contributed by atoms with Crippen molar-refractivity contribution in [3.05, 3.63) is 66.2 Å². The van der Waals surface area contributed by atoms with Crippen molar-refractivity contribution in [1.29, 1.82) is 0 Å². The molecule has 2 saturated heterocycles. The summed E-state index contributed by atoms with van der Waals surface area (Å²) >= 11 is 0. The Balaban J connectivity index is 1.28. The summed E-state index contributed by atoms with van der Waals surface area (Å²) in [6, 6.07) is 20.8. The van der Waals surface area contributed by atoms with E-state index in [9.17, 15) is 9.59 Å². The van der Waals surface area contributed by atoms with Crippen LogP contribution in [0.3, 0.4) is 0 Å². The fourth-order valence-electron chi connectivity index (χ4n) is 5.51. The number of nitrogens with zero attached hydrogens (tertiary/aromatic N) is 3. The van der Waals surface area contributed by atoms with Crippen LogP contribution >= 0.6 is 0 Å². The highest BCUT2D eigenvalue weighted by Gasteiger charge is 2.36. The van der Waals surface area contributed by atoms with Crippen LogP contribution in [0.1, 0.15) is 51.0 Å². The van der Waals surface area contributed by atoms with Crippen LogP contribution in [-0.4, -0.2) is 60.9 Å². The van der Waals surface area contributed by atoms with E-state index in [4.69, 9.17) is 0 Å². The molecule has 4 rings (SSSR count). The number of anilines is 1. The van der Waals surface area contributed by atoms with Crippen LogP contribution in [0.2, 0.25) is 0 Å². The van der Waals surface area contributed by atoms with Gasteiger partial charge in [0.1, 0.15) is 0 Å². The third kappa shape index (κ3) is 7.17. The molecule has 2 aliphatic heterocycles. The molecular weight excluding hydrogens is 434 g/mol. The van der Waals surface area contributed by atoms with E-state index in [1.165, 1.54) is 24.8 Å². The maximum Gasteiger partial charge on any atom is 0.232 e. The lowest BCUT2D eigenvalue weighted by atomic mass is 9.90. The molecule has 1 unspecified atom stereocenters. The van der Waals surface area contributed by atoms with Crippen LogP contribution in [0.15, 0.2) is 60.7 Å². The van der Waals surface area contributed by atoms with E-state index in [0.717, 1.165) is 57.0 Å². The zero-order valence-electron chi connectivity index (χ0n) is 21.3. The maximum absolute atomic E-state index is 13.5. The van der Waals surface area contributed by atoms with Gasteiger partial charge in [-0.05, 0) is 75.4 Å². The Morgan fingerprint density at radius 1 is 0.943 bits per heavy atom. The minimum absolute atomic E-state index is 0.102. The number of likely N-dealkylation sites (tertiary alicyclic amines) is 2. The van der Waals surface area contributed by atoms with E-state index < -0.39 is 0 Å². The molecule has 0 radical (unpaired) electrons. The van der Waals surface area contributed by atoms with Gasteiger partial charge in [0.05, 0.1) is 5.92 Å². The number of unbranched alkanes of at least 4 members (excludes halogenated alkanes) is 1. The summed E-state index contributed by atoms with van der Waals surface area (Å²) in [4.78, 5) is 32.4. The van der Waals surface area contributed by atoms with Gasteiger partial charge in [0.2, 0.25) is 11.8 Å². The van der Waals surface area contributed by atoms with E-state index in [1.807, 2.05) is 40.1 Å². The van der Waals surface area contributed by atoms with E-state index in [0.29, 0.717) is 19.5 Å². The number of carbonyl (C=O) groups is 2. The summed E-state index contributed by atoms with van der Waals surface area (Å²) in [6.07, 6.45) is 7.02. The number of benzene rings is 2. The highest BCUT2D eigenvalue weighted by molar-refractivity contribution is 5.99. The number of para-hydroxylation sites is 1. The van der Waals surface area contributed by atoms with Gasteiger partial charge in [-0.2, -0.15) is 0 Å². The van der Waals surface area contributed by atoms with Crippen molar-refractivity contribution in [2.24, 2.45) is 11.8 Å². The van der Waals surface area contributed by atoms with E-state index >= 15 is 0 Å². The molecule has 5 nitrogen and oxygen atoms in total. The van der Waals surface area contributed by atoms with Gasteiger partial charge in [-0.1, -0.05) is 61.9 Å². The zero-order chi connectivity index (χ0) is 24.5. The van der Waals surface area contributed by atoms with Crippen molar-refractivity contribution < 1.29 is 9.59 Å². The number of hydrogen-bond acceptors (Lipinski definition) is 3. The fourth-order valence-corrected chi connectivity index (χ4v) is 5.51. The van der Waals surface area contributed by atoms with E-state index in [2.05, 4.69) is 42.2 Å². The molecule has 2 aliphatic rings. The summed E-state index contributed by atoms with van der Waals surface area (Å²) in [6.45, 7) is 7.46. The molecular formula is C30H41N3O2. The maximum atomic E-state index is 13.5. The lowest BCUT2D eigenvalue weighted by molar-refractivity contribution is -0.128. The SMILES string of the molecule is CCCCN1CC(C(=O)N(CCCN2CCC(Cc3ccccc3)CC2)c2ccccc2)CC1=O. The molecule has 2 aromatic carbocycles. The topological polar surface area (TPSA) is 43.9 Å². The van der Waals surface area contributed by atoms with Gasteiger partial charge in [-0.3, -0.25) is 9.59 Å². The quantitative estimate of drug-likeness (QED) is 0.459. The van der Waals surface area contributed by atoms with Crippen LogP contribution in [0, 0.1) is 11.8 Å².